The number of rotatable bonds is 17. The third-order valence-electron chi connectivity index (χ3n) is 5.07. The molecule has 1 aromatic carbocycles. The van der Waals surface area contributed by atoms with Crippen LogP contribution in [0.3, 0.4) is 0 Å². The van der Waals surface area contributed by atoms with E-state index in [1.165, 1.54) is 44.9 Å². The number of amides is 1. The Hall–Kier alpha value is -1.87. The lowest BCUT2D eigenvalue weighted by atomic mass is 10.1. The Morgan fingerprint density at radius 1 is 0.897 bits per heavy atom. The van der Waals surface area contributed by atoms with Crippen LogP contribution in [-0.4, -0.2) is 17.6 Å². The predicted molar refractivity (Wildman–Crippen MR) is 124 cm³/mol. The summed E-state index contributed by atoms with van der Waals surface area (Å²) >= 11 is 0. The van der Waals surface area contributed by atoms with E-state index in [2.05, 4.69) is 36.5 Å². The zero-order chi connectivity index (χ0) is 21.0. The number of aliphatic hydroxyl groups excluding tert-OH is 1. The average Bonchev–Trinajstić information content (AvgIpc) is 2.75. The molecule has 1 aromatic rings. The smallest absolute Gasteiger partial charge is 0.220 e. The fourth-order valence-corrected chi connectivity index (χ4v) is 3.28. The molecule has 0 bridgehead atoms. The summed E-state index contributed by atoms with van der Waals surface area (Å²) < 4.78 is 0. The lowest BCUT2D eigenvalue weighted by molar-refractivity contribution is -0.122. The van der Waals surface area contributed by atoms with Crippen molar-refractivity contribution in [3.8, 4) is 0 Å². The van der Waals surface area contributed by atoms with Gasteiger partial charge in [-0.25, -0.2) is 0 Å². The monoisotopic (exact) mass is 399 g/mol. The van der Waals surface area contributed by atoms with Gasteiger partial charge in [-0.15, -0.1) is 0 Å². The molecule has 1 amide bonds. The summed E-state index contributed by atoms with van der Waals surface area (Å²) in [6, 6.07) is 9.33. The van der Waals surface area contributed by atoms with Gasteiger partial charge < -0.3 is 10.4 Å². The quantitative estimate of drug-likeness (QED) is 0.227. The van der Waals surface area contributed by atoms with Crippen LogP contribution in [0.15, 0.2) is 54.6 Å². The Morgan fingerprint density at radius 2 is 1.52 bits per heavy atom. The van der Waals surface area contributed by atoms with E-state index in [0.29, 0.717) is 6.42 Å². The zero-order valence-electron chi connectivity index (χ0n) is 18.3. The van der Waals surface area contributed by atoms with Gasteiger partial charge in [-0.05, 0) is 44.1 Å². The van der Waals surface area contributed by atoms with Crippen molar-refractivity contribution in [2.24, 2.45) is 0 Å². The van der Waals surface area contributed by atoms with Gasteiger partial charge in [0, 0.05) is 6.42 Å². The number of benzene rings is 1. The maximum Gasteiger partial charge on any atom is 0.220 e. The summed E-state index contributed by atoms with van der Waals surface area (Å²) in [7, 11) is 0. The summed E-state index contributed by atoms with van der Waals surface area (Å²) in [5.41, 5.74) is 0.948. The highest BCUT2D eigenvalue weighted by atomic mass is 16.3. The molecule has 3 heteroatoms. The van der Waals surface area contributed by atoms with Crippen molar-refractivity contribution in [2.75, 3.05) is 6.61 Å². The van der Waals surface area contributed by atoms with Crippen LogP contribution in [0.1, 0.15) is 95.6 Å². The van der Waals surface area contributed by atoms with Gasteiger partial charge in [0.1, 0.15) is 0 Å². The molecule has 0 heterocycles. The molecule has 1 rings (SSSR count). The summed E-state index contributed by atoms with van der Waals surface area (Å²) in [6.45, 7) is 2.17. The molecule has 1 atom stereocenters. The highest BCUT2D eigenvalue weighted by Crippen LogP contribution is 2.13. The van der Waals surface area contributed by atoms with E-state index in [1.807, 2.05) is 30.3 Å². The Balaban J connectivity index is 1.97. The number of allylic oxidation sites excluding steroid dienone is 4. The SMILES string of the molecule is CCCCC/C=C\C/C=C\CCCCCCCC(=O)NC(CO)c1ccccc1. The molecule has 0 spiro atoms. The topological polar surface area (TPSA) is 49.3 Å². The highest BCUT2D eigenvalue weighted by Gasteiger charge is 2.12. The first-order chi connectivity index (χ1) is 14.3. The van der Waals surface area contributed by atoms with Crippen LogP contribution < -0.4 is 5.32 Å². The van der Waals surface area contributed by atoms with Crippen LogP contribution in [0.5, 0.6) is 0 Å². The third-order valence-corrected chi connectivity index (χ3v) is 5.07. The van der Waals surface area contributed by atoms with Gasteiger partial charge in [0.2, 0.25) is 5.91 Å². The lowest BCUT2D eigenvalue weighted by Gasteiger charge is -2.16. The van der Waals surface area contributed by atoms with Crippen molar-refractivity contribution in [3.63, 3.8) is 0 Å². The highest BCUT2D eigenvalue weighted by molar-refractivity contribution is 5.76. The van der Waals surface area contributed by atoms with E-state index >= 15 is 0 Å². The predicted octanol–water partition coefficient (Wildman–Crippen LogP) is 6.65. The number of aliphatic hydroxyl groups is 1. The molecule has 0 saturated heterocycles. The second-order valence-corrected chi connectivity index (χ2v) is 7.69. The normalized spacial score (nSPS) is 12.6. The number of carbonyl (C=O) groups is 1. The summed E-state index contributed by atoms with van der Waals surface area (Å²) in [5, 5.41) is 12.4. The Labute approximate surface area is 178 Å². The van der Waals surface area contributed by atoms with E-state index in [4.69, 9.17) is 0 Å². The molecule has 162 valence electrons. The maximum absolute atomic E-state index is 12.1. The van der Waals surface area contributed by atoms with E-state index in [-0.39, 0.29) is 18.6 Å². The molecule has 0 aliphatic carbocycles. The van der Waals surface area contributed by atoms with Crippen molar-refractivity contribution in [3.05, 3.63) is 60.2 Å². The molecule has 0 aliphatic rings. The average molecular weight is 400 g/mol. The van der Waals surface area contributed by atoms with Gasteiger partial charge in [-0.1, -0.05) is 93.7 Å². The molecule has 3 nitrogen and oxygen atoms in total. The second-order valence-electron chi connectivity index (χ2n) is 7.69. The molecular weight excluding hydrogens is 358 g/mol. The molecule has 0 radical (unpaired) electrons. The molecular formula is C26H41NO2. The lowest BCUT2D eigenvalue weighted by Crippen LogP contribution is -2.30. The molecule has 1 unspecified atom stereocenters. The van der Waals surface area contributed by atoms with E-state index < -0.39 is 0 Å². The Morgan fingerprint density at radius 3 is 2.17 bits per heavy atom. The molecule has 0 fully saturated rings. The maximum atomic E-state index is 12.1. The van der Waals surface area contributed by atoms with Crippen LogP contribution >= 0.6 is 0 Å². The van der Waals surface area contributed by atoms with Crippen molar-refractivity contribution in [1.29, 1.82) is 0 Å². The number of hydrogen-bond acceptors (Lipinski definition) is 2. The fraction of sp³-hybridized carbons (Fsp3) is 0.577. The van der Waals surface area contributed by atoms with Crippen LogP contribution in [0.4, 0.5) is 0 Å². The number of nitrogens with one attached hydrogen (secondary N) is 1. The first-order valence-electron chi connectivity index (χ1n) is 11.5. The fourth-order valence-electron chi connectivity index (χ4n) is 3.28. The van der Waals surface area contributed by atoms with Crippen molar-refractivity contribution in [1.82, 2.24) is 5.32 Å². The van der Waals surface area contributed by atoms with Gasteiger partial charge in [0.15, 0.2) is 0 Å². The minimum atomic E-state index is -0.304. The zero-order valence-corrected chi connectivity index (χ0v) is 18.3. The standard InChI is InChI=1S/C26H41NO2/c1-2-3-4-5-6-7-8-9-10-11-12-13-14-15-19-22-26(29)27-25(23-28)24-20-17-16-18-21-24/h6-7,9-10,16-18,20-21,25,28H,2-5,8,11-15,19,22-23H2,1H3,(H,27,29)/b7-6-,10-9-. The molecule has 0 aromatic heterocycles. The van der Waals surface area contributed by atoms with Gasteiger partial charge in [-0.3, -0.25) is 4.79 Å². The van der Waals surface area contributed by atoms with Gasteiger partial charge in [-0.2, -0.15) is 0 Å². The van der Waals surface area contributed by atoms with Crippen LogP contribution in [0.25, 0.3) is 0 Å². The first kappa shape index (κ1) is 25.2. The third kappa shape index (κ3) is 13.9. The summed E-state index contributed by atoms with van der Waals surface area (Å²) in [6.07, 6.45) is 22.7. The largest absolute Gasteiger partial charge is 0.394 e. The first-order valence-corrected chi connectivity index (χ1v) is 11.5. The van der Waals surface area contributed by atoms with Gasteiger partial charge in [0.25, 0.3) is 0 Å². The molecule has 29 heavy (non-hydrogen) atoms. The van der Waals surface area contributed by atoms with E-state index in [9.17, 15) is 9.90 Å². The Bertz CT molecular complexity index is 565. The van der Waals surface area contributed by atoms with Crippen LogP contribution in [-0.2, 0) is 4.79 Å². The van der Waals surface area contributed by atoms with E-state index in [0.717, 1.165) is 31.2 Å². The summed E-state index contributed by atoms with van der Waals surface area (Å²) in [5.74, 6) is 0.0265. The minimum Gasteiger partial charge on any atom is -0.394 e. The minimum absolute atomic E-state index is 0.0265. The molecule has 2 N–H and O–H groups in total. The van der Waals surface area contributed by atoms with E-state index in [1.54, 1.807) is 0 Å². The van der Waals surface area contributed by atoms with Crippen molar-refractivity contribution in [2.45, 2.75) is 90.0 Å². The van der Waals surface area contributed by atoms with Gasteiger partial charge in [0.05, 0.1) is 12.6 Å². The molecule has 0 saturated carbocycles. The number of unbranched alkanes of at least 4 members (excludes halogenated alkanes) is 8. The van der Waals surface area contributed by atoms with Crippen LogP contribution in [0, 0.1) is 0 Å². The van der Waals surface area contributed by atoms with Crippen molar-refractivity contribution < 1.29 is 9.90 Å². The summed E-state index contributed by atoms with van der Waals surface area (Å²) in [4.78, 5) is 12.1. The molecule has 0 aliphatic heterocycles. The van der Waals surface area contributed by atoms with Gasteiger partial charge >= 0.3 is 0 Å². The van der Waals surface area contributed by atoms with Crippen molar-refractivity contribution >= 4 is 5.91 Å². The number of carbonyl (C=O) groups excluding carboxylic acids is 1. The number of hydrogen-bond donors (Lipinski definition) is 2. The Kier molecular flexibility index (Phi) is 15.8. The second kappa shape index (κ2) is 18.2. The van der Waals surface area contributed by atoms with Crippen LogP contribution in [0.2, 0.25) is 0 Å².